The number of nitrogens with two attached hydrogens (primary N) is 1. The van der Waals surface area contributed by atoms with Crippen molar-refractivity contribution in [2.75, 3.05) is 33.0 Å². The van der Waals surface area contributed by atoms with Crippen LogP contribution in [0.1, 0.15) is 6.92 Å². The molecule has 0 aromatic rings. The van der Waals surface area contributed by atoms with Crippen LogP contribution in [-0.2, 0) is 19.1 Å². The third-order valence-corrected chi connectivity index (χ3v) is 3.96. The van der Waals surface area contributed by atoms with E-state index in [0.29, 0.717) is 6.61 Å². The average molecular weight is 301 g/mol. The third-order valence-electron chi connectivity index (χ3n) is 3.96. The molecule has 2 aliphatic heterocycles. The summed E-state index contributed by atoms with van der Waals surface area (Å²) in [6, 6.07) is -2.05. The number of morpholine rings is 1. The number of ether oxygens (including phenoxy) is 2. The first-order valence-corrected chi connectivity index (χ1v) is 6.61. The van der Waals surface area contributed by atoms with Gasteiger partial charge in [0, 0.05) is 6.54 Å². The van der Waals surface area contributed by atoms with Crippen molar-refractivity contribution in [3.8, 4) is 0 Å². The summed E-state index contributed by atoms with van der Waals surface area (Å²) in [6.07, 6.45) is 0. The van der Waals surface area contributed by atoms with Crippen LogP contribution in [0.4, 0.5) is 4.79 Å². The third kappa shape index (κ3) is 2.93. The Balaban J connectivity index is 2.06. The Morgan fingerprint density at radius 1 is 1.33 bits per heavy atom. The molecule has 0 bridgehead atoms. The molecule has 0 aliphatic carbocycles. The highest BCUT2D eigenvalue weighted by molar-refractivity contribution is 5.87. The molecule has 0 aromatic heterocycles. The topological polar surface area (TPSA) is 131 Å². The number of carbonyl (C=O) groups is 3. The van der Waals surface area contributed by atoms with Crippen molar-refractivity contribution in [2.45, 2.75) is 19.0 Å². The molecule has 2 heterocycles. The number of nitrogens with zero attached hydrogens (tertiary/aromatic N) is 1. The number of carboxylic acid groups (broad SMARTS) is 1. The van der Waals surface area contributed by atoms with E-state index in [1.54, 1.807) is 0 Å². The van der Waals surface area contributed by atoms with Crippen LogP contribution in [0.25, 0.3) is 0 Å². The van der Waals surface area contributed by atoms with E-state index in [2.05, 4.69) is 5.32 Å². The first-order valence-electron chi connectivity index (χ1n) is 6.61. The summed E-state index contributed by atoms with van der Waals surface area (Å²) in [6.45, 7) is 2.21. The highest BCUT2D eigenvalue weighted by atomic mass is 16.5. The SMILES string of the molecule is CC1(C(=O)O)COCC1NC(=O)N1CCOCC1C(N)=O. The van der Waals surface area contributed by atoms with Crippen molar-refractivity contribution >= 4 is 17.9 Å². The summed E-state index contributed by atoms with van der Waals surface area (Å²) in [5.74, 6) is -1.70. The van der Waals surface area contributed by atoms with Crippen LogP contribution in [0.15, 0.2) is 0 Å². The van der Waals surface area contributed by atoms with Crippen molar-refractivity contribution in [3.63, 3.8) is 0 Å². The average Bonchev–Trinajstić information content (AvgIpc) is 2.81. The number of aliphatic carboxylic acids is 1. The summed E-state index contributed by atoms with van der Waals surface area (Å²) in [4.78, 5) is 36.2. The summed E-state index contributed by atoms with van der Waals surface area (Å²) in [7, 11) is 0. The van der Waals surface area contributed by atoms with E-state index >= 15 is 0 Å². The number of amides is 3. The molecule has 118 valence electrons. The summed E-state index contributed by atoms with van der Waals surface area (Å²) in [5.41, 5.74) is 4.06. The number of carboxylic acids is 1. The van der Waals surface area contributed by atoms with Crippen molar-refractivity contribution in [3.05, 3.63) is 0 Å². The molecule has 0 spiro atoms. The number of rotatable bonds is 3. The van der Waals surface area contributed by atoms with Gasteiger partial charge >= 0.3 is 12.0 Å². The minimum absolute atomic E-state index is 0.0235. The number of nitrogens with one attached hydrogen (secondary N) is 1. The van der Waals surface area contributed by atoms with Gasteiger partial charge in [0.1, 0.15) is 11.5 Å². The smallest absolute Gasteiger partial charge is 0.318 e. The normalized spacial score (nSPS) is 32.7. The molecule has 2 saturated heterocycles. The Kier molecular flexibility index (Phi) is 4.33. The minimum Gasteiger partial charge on any atom is -0.481 e. The molecule has 0 radical (unpaired) electrons. The second-order valence-electron chi connectivity index (χ2n) is 5.43. The van der Waals surface area contributed by atoms with E-state index in [1.165, 1.54) is 11.8 Å². The van der Waals surface area contributed by atoms with E-state index in [4.69, 9.17) is 15.2 Å². The Bertz CT molecular complexity index is 456. The second-order valence-corrected chi connectivity index (χ2v) is 5.43. The molecule has 9 heteroatoms. The van der Waals surface area contributed by atoms with Gasteiger partial charge in [0.05, 0.1) is 32.5 Å². The van der Waals surface area contributed by atoms with Gasteiger partial charge < -0.3 is 30.5 Å². The van der Waals surface area contributed by atoms with Crippen LogP contribution in [0.2, 0.25) is 0 Å². The van der Waals surface area contributed by atoms with E-state index in [9.17, 15) is 19.5 Å². The highest BCUT2D eigenvalue weighted by Gasteiger charge is 2.48. The Hall–Kier alpha value is -1.87. The zero-order valence-corrected chi connectivity index (χ0v) is 11.7. The van der Waals surface area contributed by atoms with Gasteiger partial charge in [0.15, 0.2) is 0 Å². The molecule has 2 aliphatic rings. The molecular formula is C12H19N3O6. The van der Waals surface area contributed by atoms with Gasteiger partial charge in [0.25, 0.3) is 0 Å². The maximum Gasteiger partial charge on any atom is 0.318 e. The molecular weight excluding hydrogens is 282 g/mol. The molecule has 0 saturated carbocycles. The lowest BCUT2D eigenvalue weighted by atomic mass is 9.85. The highest BCUT2D eigenvalue weighted by Crippen LogP contribution is 2.29. The summed E-state index contributed by atoms with van der Waals surface area (Å²) < 4.78 is 10.3. The van der Waals surface area contributed by atoms with E-state index in [0.717, 1.165) is 0 Å². The monoisotopic (exact) mass is 301 g/mol. The van der Waals surface area contributed by atoms with Crippen LogP contribution in [-0.4, -0.2) is 73.0 Å². The molecule has 3 amide bonds. The van der Waals surface area contributed by atoms with Gasteiger partial charge in [-0.1, -0.05) is 0 Å². The van der Waals surface area contributed by atoms with Gasteiger partial charge in [-0.2, -0.15) is 0 Å². The molecule has 0 aromatic carbocycles. The fraction of sp³-hybridized carbons (Fsp3) is 0.750. The first-order chi connectivity index (χ1) is 9.86. The fourth-order valence-corrected chi connectivity index (χ4v) is 2.40. The first kappa shape index (κ1) is 15.5. The number of carbonyl (C=O) groups excluding carboxylic acids is 2. The lowest BCUT2D eigenvalue weighted by Gasteiger charge is -2.35. The van der Waals surface area contributed by atoms with E-state index in [1.807, 2.05) is 0 Å². The Morgan fingerprint density at radius 2 is 2.05 bits per heavy atom. The van der Waals surface area contributed by atoms with Gasteiger partial charge in [0.2, 0.25) is 5.91 Å². The minimum atomic E-state index is -1.19. The summed E-state index contributed by atoms with van der Waals surface area (Å²) in [5, 5.41) is 11.9. The van der Waals surface area contributed by atoms with Crippen LogP contribution in [0.3, 0.4) is 0 Å². The fourth-order valence-electron chi connectivity index (χ4n) is 2.40. The van der Waals surface area contributed by atoms with Crippen LogP contribution in [0, 0.1) is 5.41 Å². The van der Waals surface area contributed by atoms with Crippen molar-refractivity contribution in [2.24, 2.45) is 11.1 Å². The Morgan fingerprint density at radius 3 is 2.67 bits per heavy atom. The van der Waals surface area contributed by atoms with E-state index in [-0.39, 0.29) is 26.4 Å². The molecule has 21 heavy (non-hydrogen) atoms. The predicted octanol–water partition coefficient (Wildman–Crippen LogP) is -1.63. The molecule has 2 rings (SSSR count). The van der Waals surface area contributed by atoms with Gasteiger partial charge in [-0.3, -0.25) is 9.59 Å². The standard InChI is InChI=1S/C12H19N3O6/c1-12(10(17)18)6-21-5-8(12)14-11(19)15-2-3-20-4-7(15)9(13)16/h7-8H,2-6H2,1H3,(H2,13,16)(H,14,19)(H,17,18). The zero-order valence-electron chi connectivity index (χ0n) is 11.7. The lowest BCUT2D eigenvalue weighted by molar-refractivity contribution is -0.148. The molecule has 4 N–H and O–H groups in total. The van der Waals surface area contributed by atoms with Crippen molar-refractivity contribution in [1.82, 2.24) is 10.2 Å². The quantitative estimate of drug-likeness (QED) is 0.573. The number of hydrogen-bond donors (Lipinski definition) is 3. The predicted molar refractivity (Wildman–Crippen MR) is 69.4 cm³/mol. The summed E-state index contributed by atoms with van der Waals surface area (Å²) >= 11 is 0. The largest absolute Gasteiger partial charge is 0.481 e. The molecule has 2 fully saturated rings. The van der Waals surface area contributed by atoms with Crippen LogP contribution >= 0.6 is 0 Å². The maximum absolute atomic E-state index is 12.3. The molecule has 3 unspecified atom stereocenters. The number of primary amides is 1. The van der Waals surface area contributed by atoms with Crippen LogP contribution < -0.4 is 11.1 Å². The van der Waals surface area contributed by atoms with Gasteiger partial charge in [-0.25, -0.2) is 4.79 Å². The van der Waals surface area contributed by atoms with Crippen LogP contribution in [0.5, 0.6) is 0 Å². The van der Waals surface area contributed by atoms with E-state index < -0.39 is 35.4 Å². The lowest BCUT2D eigenvalue weighted by Crippen LogP contribution is -2.60. The second kappa shape index (κ2) is 5.86. The molecule has 9 nitrogen and oxygen atoms in total. The van der Waals surface area contributed by atoms with Crippen molar-refractivity contribution < 1.29 is 29.0 Å². The zero-order chi connectivity index (χ0) is 15.6. The maximum atomic E-state index is 12.3. The number of hydrogen-bond acceptors (Lipinski definition) is 5. The van der Waals surface area contributed by atoms with Gasteiger partial charge in [-0.05, 0) is 6.92 Å². The Labute approximate surface area is 121 Å². The molecule has 3 atom stereocenters. The van der Waals surface area contributed by atoms with Gasteiger partial charge in [-0.15, -0.1) is 0 Å². The van der Waals surface area contributed by atoms with Crippen molar-refractivity contribution in [1.29, 1.82) is 0 Å². The number of urea groups is 1.